The third-order valence-corrected chi connectivity index (χ3v) is 5.09. The number of aromatic hydroxyl groups is 2. The first-order valence-electron chi connectivity index (χ1n) is 7.96. The van der Waals surface area contributed by atoms with Gasteiger partial charge in [0.2, 0.25) is 0 Å². The van der Waals surface area contributed by atoms with Gasteiger partial charge in [-0.1, -0.05) is 30.0 Å². The van der Waals surface area contributed by atoms with E-state index in [2.05, 4.69) is 5.10 Å². The molecule has 0 aromatic heterocycles. The fourth-order valence-corrected chi connectivity index (χ4v) is 3.50. The van der Waals surface area contributed by atoms with Crippen molar-refractivity contribution in [2.45, 2.75) is 0 Å². The standard InChI is InChI=1S/C19H17N3O3S2/c1-21(2)14-6-3-12(4-7-14)11-20-22-18(25)17(27-19(22)26)10-13-5-8-15(23)16(24)9-13/h3-11,23-24H,1-2H3/b17-10+,20-11+. The molecule has 0 saturated carbocycles. The van der Waals surface area contributed by atoms with Gasteiger partial charge in [0.15, 0.2) is 15.8 Å². The Morgan fingerprint density at radius 3 is 2.37 bits per heavy atom. The number of hydrogen-bond donors (Lipinski definition) is 2. The van der Waals surface area contributed by atoms with Crippen molar-refractivity contribution in [3.8, 4) is 11.5 Å². The van der Waals surface area contributed by atoms with Crippen LogP contribution in [0.2, 0.25) is 0 Å². The smallest absolute Gasteiger partial charge is 0.286 e. The van der Waals surface area contributed by atoms with Crippen LogP contribution < -0.4 is 4.90 Å². The molecule has 27 heavy (non-hydrogen) atoms. The van der Waals surface area contributed by atoms with Crippen molar-refractivity contribution in [3.63, 3.8) is 0 Å². The van der Waals surface area contributed by atoms with Gasteiger partial charge in [-0.05, 0) is 53.7 Å². The second-order valence-corrected chi connectivity index (χ2v) is 7.65. The first-order chi connectivity index (χ1) is 12.8. The molecule has 2 aromatic carbocycles. The van der Waals surface area contributed by atoms with Crippen LogP contribution in [0, 0.1) is 0 Å². The van der Waals surface area contributed by atoms with E-state index in [-0.39, 0.29) is 17.4 Å². The summed E-state index contributed by atoms with van der Waals surface area (Å²) in [6.07, 6.45) is 3.18. The van der Waals surface area contributed by atoms with Crippen molar-refractivity contribution in [1.82, 2.24) is 5.01 Å². The highest BCUT2D eigenvalue weighted by atomic mass is 32.2. The number of thioether (sulfide) groups is 1. The number of phenolic OH excluding ortho intramolecular Hbond substituents is 2. The van der Waals surface area contributed by atoms with Crippen molar-refractivity contribution < 1.29 is 15.0 Å². The van der Waals surface area contributed by atoms with Gasteiger partial charge >= 0.3 is 0 Å². The van der Waals surface area contributed by atoms with Gasteiger partial charge in [-0.15, -0.1) is 0 Å². The number of hydrazone groups is 1. The number of benzene rings is 2. The Balaban J connectivity index is 1.77. The summed E-state index contributed by atoms with van der Waals surface area (Å²) in [7, 11) is 3.92. The van der Waals surface area contributed by atoms with Crippen LogP contribution in [-0.2, 0) is 4.79 Å². The molecule has 0 atom stereocenters. The zero-order chi connectivity index (χ0) is 19.6. The van der Waals surface area contributed by atoms with Gasteiger partial charge in [0.05, 0.1) is 11.1 Å². The number of hydrogen-bond acceptors (Lipinski definition) is 7. The van der Waals surface area contributed by atoms with Crippen molar-refractivity contribution in [3.05, 3.63) is 58.5 Å². The molecule has 0 radical (unpaired) electrons. The minimum absolute atomic E-state index is 0.218. The molecule has 1 aliphatic heterocycles. The van der Waals surface area contributed by atoms with Gasteiger partial charge in [-0.3, -0.25) is 4.79 Å². The van der Waals surface area contributed by atoms with Crippen molar-refractivity contribution in [2.75, 3.05) is 19.0 Å². The fraction of sp³-hybridized carbons (Fsp3) is 0.105. The highest BCUT2D eigenvalue weighted by Crippen LogP contribution is 2.34. The van der Waals surface area contributed by atoms with E-state index in [0.29, 0.717) is 14.8 Å². The number of rotatable bonds is 4. The number of nitrogens with zero attached hydrogens (tertiary/aromatic N) is 3. The van der Waals surface area contributed by atoms with E-state index in [9.17, 15) is 15.0 Å². The Kier molecular flexibility index (Phi) is 5.48. The molecular formula is C19H17N3O3S2. The quantitative estimate of drug-likeness (QED) is 0.355. The third kappa shape index (κ3) is 4.29. The van der Waals surface area contributed by atoms with Crippen LogP contribution in [0.3, 0.4) is 0 Å². The van der Waals surface area contributed by atoms with Crippen molar-refractivity contribution in [2.24, 2.45) is 5.10 Å². The summed E-state index contributed by atoms with van der Waals surface area (Å²) in [5.74, 6) is -0.804. The Hall–Kier alpha value is -2.84. The van der Waals surface area contributed by atoms with E-state index in [1.165, 1.54) is 17.1 Å². The molecule has 1 fully saturated rings. The third-order valence-electron chi connectivity index (χ3n) is 3.80. The second-order valence-electron chi connectivity index (χ2n) is 5.97. The van der Waals surface area contributed by atoms with Crippen LogP contribution in [0.15, 0.2) is 52.5 Å². The van der Waals surface area contributed by atoms with E-state index in [1.807, 2.05) is 43.3 Å². The minimum atomic E-state index is -0.335. The van der Waals surface area contributed by atoms with Gasteiger partial charge < -0.3 is 15.1 Å². The molecule has 6 nitrogen and oxygen atoms in total. The number of anilines is 1. The second kappa shape index (κ2) is 7.81. The maximum atomic E-state index is 12.6. The van der Waals surface area contributed by atoms with Crippen molar-refractivity contribution >= 4 is 52.2 Å². The Morgan fingerprint density at radius 1 is 1.07 bits per heavy atom. The van der Waals surface area contributed by atoms with E-state index < -0.39 is 0 Å². The predicted molar refractivity (Wildman–Crippen MR) is 113 cm³/mol. The zero-order valence-electron chi connectivity index (χ0n) is 14.7. The molecule has 8 heteroatoms. The molecule has 2 aromatic rings. The highest BCUT2D eigenvalue weighted by molar-refractivity contribution is 8.26. The summed E-state index contributed by atoms with van der Waals surface area (Å²) in [6, 6.07) is 12.1. The van der Waals surface area contributed by atoms with E-state index >= 15 is 0 Å². The van der Waals surface area contributed by atoms with Gasteiger partial charge in [-0.2, -0.15) is 10.1 Å². The van der Waals surface area contributed by atoms with Crippen molar-refractivity contribution in [1.29, 1.82) is 0 Å². The molecule has 3 rings (SSSR count). The molecule has 1 amide bonds. The SMILES string of the molecule is CN(C)c1ccc(/C=N/N2C(=O)/C(=C\c3ccc(O)c(O)c3)SC2=S)cc1. The fourth-order valence-electron chi connectivity index (χ4n) is 2.32. The lowest BCUT2D eigenvalue weighted by Gasteiger charge is -2.12. The molecule has 0 bridgehead atoms. The number of carbonyl (C=O) groups is 1. The van der Waals surface area contributed by atoms with Crippen LogP contribution in [0.5, 0.6) is 11.5 Å². The topological polar surface area (TPSA) is 76.4 Å². The number of thiocarbonyl (C=S) groups is 1. The maximum Gasteiger partial charge on any atom is 0.286 e. The monoisotopic (exact) mass is 399 g/mol. The number of carbonyl (C=O) groups excluding carboxylic acids is 1. The van der Waals surface area contributed by atoms with E-state index in [1.54, 1.807) is 18.4 Å². The van der Waals surface area contributed by atoms with Gasteiger partial charge in [-0.25, -0.2) is 0 Å². The Morgan fingerprint density at radius 2 is 1.74 bits per heavy atom. The van der Waals surface area contributed by atoms with Crippen LogP contribution in [0.4, 0.5) is 5.69 Å². The largest absolute Gasteiger partial charge is 0.504 e. The van der Waals surface area contributed by atoms with Crippen LogP contribution in [0.25, 0.3) is 6.08 Å². The Labute approximate surface area is 166 Å². The number of amides is 1. The van der Waals surface area contributed by atoms with Crippen LogP contribution in [-0.4, -0.2) is 45.8 Å². The molecular weight excluding hydrogens is 382 g/mol. The summed E-state index contributed by atoms with van der Waals surface area (Å²) >= 11 is 6.38. The highest BCUT2D eigenvalue weighted by Gasteiger charge is 2.32. The first-order valence-corrected chi connectivity index (χ1v) is 9.19. The van der Waals surface area contributed by atoms with Crippen LogP contribution in [0.1, 0.15) is 11.1 Å². The first kappa shape index (κ1) is 18.9. The summed E-state index contributed by atoms with van der Waals surface area (Å²) < 4.78 is 0.329. The molecule has 0 aliphatic carbocycles. The molecule has 1 saturated heterocycles. The lowest BCUT2D eigenvalue weighted by Crippen LogP contribution is -2.22. The molecule has 138 valence electrons. The lowest BCUT2D eigenvalue weighted by atomic mass is 10.2. The molecule has 0 unspecified atom stereocenters. The van der Waals surface area contributed by atoms with E-state index in [4.69, 9.17) is 12.2 Å². The summed E-state index contributed by atoms with van der Waals surface area (Å²) in [4.78, 5) is 14.9. The summed E-state index contributed by atoms with van der Waals surface area (Å²) in [5, 5.41) is 24.3. The normalized spacial score (nSPS) is 15.9. The zero-order valence-corrected chi connectivity index (χ0v) is 16.3. The average molecular weight is 399 g/mol. The summed E-state index contributed by atoms with van der Waals surface area (Å²) in [5.41, 5.74) is 2.49. The molecule has 2 N–H and O–H groups in total. The van der Waals surface area contributed by atoms with Crippen LogP contribution >= 0.6 is 24.0 Å². The predicted octanol–water partition coefficient (Wildman–Crippen LogP) is 3.40. The molecule has 0 spiro atoms. The minimum Gasteiger partial charge on any atom is -0.504 e. The van der Waals surface area contributed by atoms with E-state index in [0.717, 1.165) is 23.0 Å². The summed E-state index contributed by atoms with van der Waals surface area (Å²) in [6.45, 7) is 0. The van der Waals surface area contributed by atoms with Gasteiger partial charge in [0, 0.05) is 19.8 Å². The van der Waals surface area contributed by atoms with Gasteiger partial charge in [0.25, 0.3) is 5.91 Å². The lowest BCUT2D eigenvalue weighted by molar-refractivity contribution is -0.122. The Bertz CT molecular complexity index is 953. The van der Waals surface area contributed by atoms with Gasteiger partial charge in [0.1, 0.15) is 0 Å². The molecule has 1 heterocycles. The maximum absolute atomic E-state index is 12.6. The number of phenols is 2. The molecule has 1 aliphatic rings. The average Bonchev–Trinajstić information content (AvgIpc) is 2.90.